The van der Waals surface area contributed by atoms with E-state index in [1.54, 1.807) is 7.11 Å². The third-order valence-corrected chi connectivity index (χ3v) is 6.93. The Labute approximate surface area is 181 Å². The first kappa shape index (κ1) is 19.6. The average Bonchev–Trinajstić information content (AvgIpc) is 3.09. The Kier molecular flexibility index (Phi) is 5.23. The Hall–Kier alpha value is -2.40. The van der Waals surface area contributed by atoms with Gasteiger partial charge in [-0.05, 0) is 54.9 Å². The molecule has 0 bridgehead atoms. The van der Waals surface area contributed by atoms with Gasteiger partial charge >= 0.3 is 6.09 Å². The van der Waals surface area contributed by atoms with Gasteiger partial charge in [-0.15, -0.1) is 11.6 Å². The fourth-order valence-electron chi connectivity index (χ4n) is 4.71. The topological polar surface area (TPSA) is 54.6 Å². The van der Waals surface area contributed by atoms with Crippen LogP contribution in [0.15, 0.2) is 24.3 Å². The molecule has 6 heteroatoms. The molecule has 1 amide bonds. The first-order valence-electron chi connectivity index (χ1n) is 10.8. The molecule has 0 spiro atoms. The van der Waals surface area contributed by atoms with Crippen LogP contribution >= 0.6 is 11.6 Å². The van der Waals surface area contributed by atoms with Gasteiger partial charge in [-0.25, -0.2) is 4.79 Å². The Morgan fingerprint density at radius 1 is 1.27 bits per heavy atom. The second-order valence-corrected chi connectivity index (χ2v) is 9.02. The number of H-pyrrole nitrogens is 1. The molecular weight excluding hydrogens is 400 g/mol. The van der Waals surface area contributed by atoms with E-state index < -0.39 is 0 Å². The molecule has 2 atom stereocenters. The quantitative estimate of drug-likeness (QED) is 0.761. The molecule has 1 aromatic carbocycles. The van der Waals surface area contributed by atoms with Crippen molar-refractivity contribution >= 4 is 29.8 Å². The summed E-state index contributed by atoms with van der Waals surface area (Å²) in [5.41, 5.74) is 3.36. The Balaban J connectivity index is 1.53. The largest absolute Gasteiger partial charge is 0.497 e. The maximum Gasteiger partial charge on any atom is 0.410 e. The molecular formula is C24H27ClN2O3. The lowest BCUT2D eigenvalue weighted by molar-refractivity contribution is 0.0619. The van der Waals surface area contributed by atoms with Crippen molar-refractivity contribution in [3.8, 4) is 5.75 Å². The third kappa shape index (κ3) is 3.49. The van der Waals surface area contributed by atoms with Gasteiger partial charge in [0.05, 0.1) is 19.1 Å². The molecule has 5 rings (SSSR count). The number of alkyl halides is 1. The van der Waals surface area contributed by atoms with E-state index in [0.717, 1.165) is 48.0 Å². The Morgan fingerprint density at radius 3 is 2.77 bits per heavy atom. The molecule has 1 aliphatic heterocycles. The summed E-state index contributed by atoms with van der Waals surface area (Å²) in [6.45, 7) is 1.15. The van der Waals surface area contributed by atoms with Gasteiger partial charge in [-0.3, -0.25) is 4.90 Å². The van der Waals surface area contributed by atoms with Gasteiger partial charge in [-0.1, -0.05) is 30.7 Å². The third-order valence-electron chi connectivity index (χ3n) is 6.63. The van der Waals surface area contributed by atoms with Gasteiger partial charge in [0.25, 0.3) is 0 Å². The number of hydrogen-bond acceptors (Lipinski definition) is 3. The number of hydrogen-bond donors (Lipinski definition) is 1. The van der Waals surface area contributed by atoms with Gasteiger partial charge < -0.3 is 14.5 Å². The second-order valence-electron chi connectivity index (χ2n) is 8.46. The number of ether oxygens (including phenoxy) is 2. The molecule has 1 aromatic heterocycles. The van der Waals surface area contributed by atoms with E-state index in [1.807, 2.05) is 29.2 Å². The molecule has 3 aliphatic rings. The highest BCUT2D eigenvalue weighted by Crippen LogP contribution is 2.34. The lowest BCUT2D eigenvalue weighted by Gasteiger charge is -2.36. The number of nitrogens with one attached hydrogen (secondary N) is 1. The zero-order chi connectivity index (χ0) is 20.7. The molecule has 1 saturated carbocycles. The standard InChI is InChI=1S/C24H27ClN2O3/c1-29-18-8-5-16(6-9-18)23-22-19(20-13-17(25)7-10-21(20)26-22)11-12-27(23)24(28)30-14-15-3-2-4-15/h5-6,8-10,13,15,17,23,26H,2-4,7,11-12,14H2,1H3/t17?,23-/m0/s1. The van der Waals surface area contributed by atoms with Crippen LogP contribution in [0, 0.1) is 5.92 Å². The molecule has 158 valence electrons. The number of halogens is 1. The molecule has 2 heterocycles. The van der Waals surface area contributed by atoms with E-state index in [9.17, 15) is 4.79 Å². The van der Waals surface area contributed by atoms with Gasteiger partial charge in [0, 0.05) is 22.8 Å². The predicted molar refractivity (Wildman–Crippen MR) is 117 cm³/mol. The number of carbonyl (C=O) groups excluding carboxylic acids is 1. The summed E-state index contributed by atoms with van der Waals surface area (Å²) in [5.74, 6) is 1.32. The zero-order valence-electron chi connectivity index (χ0n) is 17.2. The summed E-state index contributed by atoms with van der Waals surface area (Å²) < 4.78 is 11.1. The molecule has 5 nitrogen and oxygen atoms in total. The lowest BCUT2D eigenvalue weighted by atomic mass is 9.86. The molecule has 0 saturated heterocycles. The van der Waals surface area contributed by atoms with Crippen LogP contribution in [-0.2, 0) is 11.2 Å². The van der Waals surface area contributed by atoms with Crippen molar-refractivity contribution in [1.29, 1.82) is 0 Å². The van der Waals surface area contributed by atoms with E-state index in [4.69, 9.17) is 21.1 Å². The van der Waals surface area contributed by atoms with Crippen molar-refractivity contribution in [1.82, 2.24) is 9.88 Å². The number of rotatable bonds is 4. The second kappa shape index (κ2) is 8.03. The molecule has 0 radical (unpaired) electrons. The van der Waals surface area contributed by atoms with Crippen molar-refractivity contribution in [3.05, 3.63) is 51.7 Å². The molecule has 2 aliphatic carbocycles. The minimum atomic E-state index is -0.232. The van der Waals surface area contributed by atoms with Crippen LogP contribution in [0.4, 0.5) is 4.79 Å². The van der Waals surface area contributed by atoms with E-state index in [-0.39, 0.29) is 17.5 Å². The molecule has 1 N–H and O–H groups in total. The Morgan fingerprint density at radius 2 is 2.07 bits per heavy atom. The fourth-order valence-corrected chi connectivity index (χ4v) is 4.92. The van der Waals surface area contributed by atoms with Crippen molar-refractivity contribution in [3.63, 3.8) is 0 Å². The zero-order valence-corrected chi connectivity index (χ0v) is 18.0. The van der Waals surface area contributed by atoms with Crippen molar-refractivity contribution in [2.75, 3.05) is 20.3 Å². The summed E-state index contributed by atoms with van der Waals surface area (Å²) in [5, 5.41) is 2.32. The van der Waals surface area contributed by atoms with Gasteiger partial charge in [0.1, 0.15) is 11.8 Å². The normalized spacial score (nSPS) is 22.8. The van der Waals surface area contributed by atoms with E-state index in [1.165, 1.54) is 17.2 Å². The van der Waals surface area contributed by atoms with Crippen molar-refractivity contribution in [2.24, 2.45) is 5.92 Å². The minimum absolute atomic E-state index is 0.0160. The first-order valence-corrected chi connectivity index (χ1v) is 11.2. The highest BCUT2D eigenvalue weighted by atomic mass is 35.5. The molecule has 1 unspecified atom stereocenters. The highest BCUT2D eigenvalue weighted by molar-refractivity contribution is 6.24. The van der Waals surface area contributed by atoms with Gasteiger partial charge in [-0.2, -0.15) is 0 Å². The Bertz CT molecular complexity index is 1060. The smallest absolute Gasteiger partial charge is 0.410 e. The van der Waals surface area contributed by atoms with Crippen LogP contribution in [-0.4, -0.2) is 41.6 Å². The highest BCUT2D eigenvalue weighted by Gasteiger charge is 2.36. The average molecular weight is 427 g/mol. The summed E-state index contributed by atoms with van der Waals surface area (Å²) in [6.07, 6.45) is 9.24. The van der Waals surface area contributed by atoms with E-state index in [0.29, 0.717) is 19.1 Å². The number of fused-ring (bicyclic) bond motifs is 3. The fraction of sp³-hybridized carbons (Fsp3) is 0.458. The van der Waals surface area contributed by atoms with Crippen LogP contribution in [0.25, 0.3) is 12.2 Å². The lowest BCUT2D eigenvalue weighted by Crippen LogP contribution is -2.42. The summed E-state index contributed by atoms with van der Waals surface area (Å²) in [6, 6.07) is 7.73. The van der Waals surface area contributed by atoms with E-state index in [2.05, 4.69) is 17.1 Å². The van der Waals surface area contributed by atoms with E-state index >= 15 is 0 Å². The molecule has 1 fully saturated rings. The first-order chi connectivity index (χ1) is 14.6. The number of nitrogens with zero attached hydrogens (tertiary/aromatic N) is 1. The number of carbonyl (C=O) groups is 1. The minimum Gasteiger partial charge on any atom is -0.497 e. The summed E-state index contributed by atoms with van der Waals surface area (Å²) in [7, 11) is 1.66. The van der Waals surface area contributed by atoms with Crippen LogP contribution in [0.5, 0.6) is 5.75 Å². The number of methoxy groups -OCH3 is 1. The maximum absolute atomic E-state index is 13.1. The number of benzene rings is 1. The number of amides is 1. The van der Waals surface area contributed by atoms with Gasteiger partial charge in [0.15, 0.2) is 0 Å². The SMILES string of the molecule is COc1ccc([C@H]2c3[nH]c4c(c3CCN2C(=O)OCC2CCC2)=CC(Cl)CC=4)cc1. The van der Waals surface area contributed by atoms with Crippen molar-refractivity contribution < 1.29 is 14.3 Å². The molecule has 30 heavy (non-hydrogen) atoms. The van der Waals surface area contributed by atoms with Crippen molar-refractivity contribution in [2.45, 2.75) is 43.5 Å². The summed E-state index contributed by atoms with van der Waals surface area (Å²) in [4.78, 5) is 18.5. The van der Waals surface area contributed by atoms with Crippen LogP contribution in [0.1, 0.15) is 48.5 Å². The predicted octanol–water partition coefficient (Wildman–Crippen LogP) is 3.48. The summed E-state index contributed by atoms with van der Waals surface area (Å²) >= 11 is 6.40. The van der Waals surface area contributed by atoms with Crippen LogP contribution in [0.3, 0.4) is 0 Å². The maximum atomic E-state index is 13.1. The molecule has 2 aromatic rings. The van der Waals surface area contributed by atoms with Crippen LogP contribution < -0.4 is 15.3 Å². The van der Waals surface area contributed by atoms with Crippen LogP contribution in [0.2, 0.25) is 0 Å². The van der Waals surface area contributed by atoms with Gasteiger partial charge in [0.2, 0.25) is 0 Å². The number of aromatic nitrogens is 1. The number of aromatic amines is 1. The monoisotopic (exact) mass is 426 g/mol.